The van der Waals surface area contributed by atoms with Crippen molar-refractivity contribution in [2.45, 2.75) is 25.9 Å². The van der Waals surface area contributed by atoms with Gasteiger partial charge >= 0.3 is 0 Å². The Hall–Kier alpha value is -1.09. The van der Waals surface area contributed by atoms with E-state index in [2.05, 4.69) is 15.2 Å². The fourth-order valence-corrected chi connectivity index (χ4v) is 2.70. The highest BCUT2D eigenvalue weighted by Gasteiger charge is 2.22. The molecule has 2 N–H and O–H groups in total. The van der Waals surface area contributed by atoms with Crippen LogP contribution in [-0.4, -0.2) is 61.8 Å². The zero-order valence-corrected chi connectivity index (χ0v) is 16.7. The van der Waals surface area contributed by atoms with Gasteiger partial charge in [0.2, 0.25) is 0 Å². The second-order valence-corrected chi connectivity index (χ2v) is 5.88. The molecule has 2 rings (SSSR count). The van der Waals surface area contributed by atoms with Gasteiger partial charge in [0.05, 0.1) is 6.10 Å². The molecule has 1 aromatic rings. The van der Waals surface area contributed by atoms with Crippen molar-refractivity contribution in [3.05, 3.63) is 30.1 Å². The van der Waals surface area contributed by atoms with Crippen LogP contribution in [0.2, 0.25) is 0 Å². The molecule has 0 amide bonds. The second kappa shape index (κ2) is 10.7. The van der Waals surface area contributed by atoms with Gasteiger partial charge < -0.3 is 20.2 Å². The molecular weight excluding hydrogens is 422 g/mol. The monoisotopic (exact) mass is 450 g/mol. The zero-order valence-electron chi connectivity index (χ0n) is 14.4. The maximum Gasteiger partial charge on any atom is 0.194 e. The van der Waals surface area contributed by atoms with Crippen LogP contribution in [0.4, 0.5) is 10.1 Å². The molecule has 0 saturated carbocycles. The zero-order chi connectivity index (χ0) is 16.7. The number of aliphatic hydroxyl groups excluding tert-OH is 1. The molecule has 1 saturated heterocycles. The summed E-state index contributed by atoms with van der Waals surface area (Å²) < 4.78 is 13.2. The maximum absolute atomic E-state index is 13.2. The third kappa shape index (κ3) is 6.43. The molecule has 0 bridgehead atoms. The van der Waals surface area contributed by atoms with Gasteiger partial charge in [-0.15, -0.1) is 24.0 Å². The van der Waals surface area contributed by atoms with Crippen molar-refractivity contribution >= 4 is 35.6 Å². The Morgan fingerprint density at radius 2 is 2.29 bits per heavy atom. The molecule has 0 unspecified atom stereocenters. The molecule has 0 aromatic heterocycles. The van der Waals surface area contributed by atoms with Crippen molar-refractivity contribution in [1.82, 2.24) is 10.2 Å². The molecule has 1 aliphatic heterocycles. The van der Waals surface area contributed by atoms with Crippen molar-refractivity contribution in [2.24, 2.45) is 4.99 Å². The smallest absolute Gasteiger partial charge is 0.194 e. The van der Waals surface area contributed by atoms with Crippen LogP contribution in [0.15, 0.2) is 29.3 Å². The first-order valence-electron chi connectivity index (χ1n) is 8.28. The summed E-state index contributed by atoms with van der Waals surface area (Å²) in [7, 11) is 1.96. The van der Waals surface area contributed by atoms with Crippen LogP contribution >= 0.6 is 24.0 Å². The van der Waals surface area contributed by atoms with E-state index >= 15 is 0 Å². The van der Waals surface area contributed by atoms with E-state index in [-0.39, 0.29) is 35.9 Å². The number of benzene rings is 1. The van der Waals surface area contributed by atoms with E-state index in [0.717, 1.165) is 44.1 Å². The fraction of sp³-hybridized carbons (Fsp3) is 0.588. The van der Waals surface area contributed by atoms with Crippen molar-refractivity contribution in [2.75, 3.05) is 44.7 Å². The van der Waals surface area contributed by atoms with E-state index in [0.29, 0.717) is 13.1 Å². The molecule has 1 aliphatic rings. The predicted octanol–water partition coefficient (Wildman–Crippen LogP) is 2.30. The molecule has 5 nitrogen and oxygen atoms in total. The van der Waals surface area contributed by atoms with Gasteiger partial charge in [0, 0.05) is 45.5 Å². The molecule has 7 heteroatoms. The number of nitrogens with one attached hydrogen (secondary N) is 1. The SMILES string of the molecule is CCNC(=NCCCN(C)c1cccc(F)c1)N1CC[C@@H](O)C1.I. The molecule has 136 valence electrons. The summed E-state index contributed by atoms with van der Waals surface area (Å²) in [5.74, 6) is 0.659. The van der Waals surface area contributed by atoms with Gasteiger partial charge in [-0.3, -0.25) is 4.99 Å². The summed E-state index contributed by atoms with van der Waals surface area (Å²) in [6, 6.07) is 6.62. The number of likely N-dealkylation sites (tertiary alicyclic amines) is 1. The molecule has 1 heterocycles. The van der Waals surface area contributed by atoms with Crippen molar-refractivity contribution in [3.63, 3.8) is 0 Å². The topological polar surface area (TPSA) is 51.1 Å². The van der Waals surface area contributed by atoms with Gasteiger partial charge in [-0.25, -0.2) is 4.39 Å². The maximum atomic E-state index is 13.2. The summed E-state index contributed by atoms with van der Waals surface area (Å²) in [6.07, 6.45) is 1.43. The molecule has 1 aromatic carbocycles. The number of nitrogens with zero attached hydrogens (tertiary/aromatic N) is 3. The number of β-amino-alcohol motifs (C(OH)–C–C–N with tert-alkyl or cyclic N) is 1. The molecular formula is C17H28FIN4O. The average molecular weight is 450 g/mol. The van der Waals surface area contributed by atoms with E-state index in [1.54, 1.807) is 12.1 Å². The molecule has 1 fully saturated rings. The summed E-state index contributed by atoms with van der Waals surface area (Å²) >= 11 is 0. The Morgan fingerprint density at radius 1 is 1.50 bits per heavy atom. The highest BCUT2D eigenvalue weighted by molar-refractivity contribution is 14.0. The number of anilines is 1. The van der Waals surface area contributed by atoms with Gasteiger partial charge in [0.1, 0.15) is 5.82 Å². The Labute approximate surface area is 161 Å². The molecule has 24 heavy (non-hydrogen) atoms. The lowest BCUT2D eigenvalue weighted by atomic mass is 10.2. The quantitative estimate of drug-likeness (QED) is 0.302. The number of guanidine groups is 1. The first kappa shape index (κ1) is 21.0. The first-order valence-corrected chi connectivity index (χ1v) is 8.28. The largest absolute Gasteiger partial charge is 0.391 e. The van der Waals surface area contributed by atoms with Crippen molar-refractivity contribution in [3.8, 4) is 0 Å². The first-order chi connectivity index (χ1) is 11.1. The van der Waals surface area contributed by atoms with Gasteiger partial charge in [-0.1, -0.05) is 6.07 Å². The normalized spacial score (nSPS) is 17.6. The molecule has 0 aliphatic carbocycles. The Bertz CT molecular complexity index is 529. The van der Waals surface area contributed by atoms with Crippen LogP contribution in [0.5, 0.6) is 0 Å². The molecule has 0 radical (unpaired) electrons. The van der Waals surface area contributed by atoms with Crippen LogP contribution in [0.25, 0.3) is 0 Å². The number of aliphatic hydroxyl groups is 1. The standard InChI is InChI=1S/C17H27FN4O.HI/c1-3-19-17(22-11-8-16(23)13-22)20-9-5-10-21(2)15-7-4-6-14(18)12-15;/h4,6-7,12,16,23H,3,5,8-11,13H2,1-2H3,(H,19,20);1H/t16-;/m1./s1. The lowest BCUT2D eigenvalue weighted by Gasteiger charge is -2.22. The number of aliphatic imine (C=N–C) groups is 1. The van der Waals surface area contributed by atoms with Crippen LogP contribution in [-0.2, 0) is 0 Å². The summed E-state index contributed by atoms with van der Waals surface area (Å²) in [4.78, 5) is 8.77. The summed E-state index contributed by atoms with van der Waals surface area (Å²) in [5.41, 5.74) is 0.878. The molecule has 1 atom stereocenters. The van der Waals surface area contributed by atoms with E-state index in [4.69, 9.17) is 0 Å². The predicted molar refractivity (Wildman–Crippen MR) is 108 cm³/mol. The average Bonchev–Trinajstić information content (AvgIpc) is 2.96. The number of hydrogen-bond acceptors (Lipinski definition) is 3. The van der Waals surface area contributed by atoms with Gasteiger partial charge in [-0.2, -0.15) is 0 Å². The summed E-state index contributed by atoms with van der Waals surface area (Å²) in [5, 5.41) is 12.9. The number of rotatable bonds is 6. The van der Waals surface area contributed by atoms with E-state index in [9.17, 15) is 9.50 Å². The third-order valence-electron chi connectivity index (χ3n) is 3.96. The van der Waals surface area contributed by atoms with E-state index < -0.39 is 0 Å². The van der Waals surface area contributed by atoms with Crippen LogP contribution in [0.3, 0.4) is 0 Å². The van der Waals surface area contributed by atoms with E-state index in [1.165, 1.54) is 6.07 Å². The minimum Gasteiger partial charge on any atom is -0.391 e. The minimum absolute atomic E-state index is 0. The van der Waals surface area contributed by atoms with Crippen LogP contribution in [0, 0.1) is 5.82 Å². The third-order valence-corrected chi connectivity index (χ3v) is 3.96. The second-order valence-electron chi connectivity index (χ2n) is 5.88. The van der Waals surface area contributed by atoms with Crippen molar-refractivity contribution in [1.29, 1.82) is 0 Å². The molecule has 0 spiro atoms. The Morgan fingerprint density at radius 3 is 2.92 bits per heavy atom. The highest BCUT2D eigenvalue weighted by Crippen LogP contribution is 2.14. The van der Waals surface area contributed by atoms with E-state index in [1.807, 2.05) is 24.9 Å². The fourth-order valence-electron chi connectivity index (χ4n) is 2.70. The Kier molecular flexibility index (Phi) is 9.35. The summed E-state index contributed by atoms with van der Waals surface area (Å²) in [6.45, 7) is 5.86. The van der Waals surface area contributed by atoms with Crippen molar-refractivity contribution < 1.29 is 9.50 Å². The van der Waals surface area contributed by atoms with Gasteiger partial charge in [0.25, 0.3) is 0 Å². The lowest BCUT2D eigenvalue weighted by Crippen LogP contribution is -2.40. The van der Waals surface area contributed by atoms with Gasteiger partial charge in [0.15, 0.2) is 5.96 Å². The Balaban J connectivity index is 0.00000288. The van der Waals surface area contributed by atoms with Crippen LogP contribution < -0.4 is 10.2 Å². The van der Waals surface area contributed by atoms with Gasteiger partial charge in [-0.05, 0) is 38.0 Å². The highest BCUT2D eigenvalue weighted by atomic mass is 127. The van der Waals surface area contributed by atoms with Crippen LogP contribution in [0.1, 0.15) is 19.8 Å². The lowest BCUT2D eigenvalue weighted by molar-refractivity contribution is 0.188. The number of hydrogen-bond donors (Lipinski definition) is 2. The minimum atomic E-state index is -0.252. The number of halogens is 2.